The number of rotatable bonds is 3. The summed E-state index contributed by atoms with van der Waals surface area (Å²) in [5.74, 6) is 0.795. The smallest absolute Gasteiger partial charge is 0.270 e. The van der Waals surface area contributed by atoms with Gasteiger partial charge in [-0.15, -0.1) is 0 Å². The van der Waals surface area contributed by atoms with Gasteiger partial charge in [-0.05, 0) is 38.5 Å². The molecular weight excluding hydrogens is 316 g/mol. The van der Waals surface area contributed by atoms with E-state index >= 15 is 0 Å². The summed E-state index contributed by atoms with van der Waals surface area (Å²) in [7, 11) is 0. The summed E-state index contributed by atoms with van der Waals surface area (Å²) in [5, 5.41) is 7.65. The maximum atomic E-state index is 12.6. The van der Waals surface area contributed by atoms with Crippen LogP contribution in [0.4, 0.5) is 5.88 Å². The second-order valence-corrected chi connectivity index (χ2v) is 7.60. The van der Waals surface area contributed by atoms with Crippen LogP contribution in [-0.2, 0) is 0 Å². The number of pyridine rings is 1. The molecule has 3 aliphatic rings. The molecule has 3 saturated heterocycles. The monoisotopic (exact) mass is 340 g/mol. The highest BCUT2D eigenvalue weighted by atomic mass is 16.4. The lowest BCUT2D eigenvalue weighted by Crippen LogP contribution is -2.43. The van der Waals surface area contributed by atoms with E-state index in [9.17, 15) is 4.79 Å². The molecule has 6 heteroatoms. The molecule has 6 nitrogen and oxygen atoms in total. The fraction of sp³-hybridized carbons (Fsp3) is 0.579. The fourth-order valence-corrected chi connectivity index (χ4v) is 4.54. The largest absolute Gasteiger partial charge is 0.440 e. The minimum Gasteiger partial charge on any atom is -0.440 e. The number of nitrogens with one attached hydrogen (secondary N) is 2. The van der Waals surface area contributed by atoms with Gasteiger partial charge in [0.15, 0.2) is 5.88 Å². The Morgan fingerprint density at radius 3 is 2.88 bits per heavy atom. The van der Waals surface area contributed by atoms with Gasteiger partial charge in [-0.25, -0.2) is 0 Å². The maximum absolute atomic E-state index is 12.6. The van der Waals surface area contributed by atoms with Crippen molar-refractivity contribution in [2.45, 2.75) is 56.7 Å². The summed E-state index contributed by atoms with van der Waals surface area (Å²) >= 11 is 0. The SMILES string of the molecule is O=C(N[C@@H]1C[C@H]2CC[C@@H]1N2)c1cc2oc(N3CCCCC3)cc2cn1. The maximum Gasteiger partial charge on any atom is 0.270 e. The van der Waals surface area contributed by atoms with Crippen LogP contribution < -0.4 is 15.5 Å². The number of anilines is 1. The number of fused-ring (bicyclic) bond motifs is 3. The standard InChI is InChI=1S/C19H24N4O2/c24-19(22-15-9-13-4-5-14(15)21-13)16-10-17-12(11-20-16)8-18(25-17)23-6-2-1-3-7-23/h8,10-11,13-15,21H,1-7,9H2,(H,22,24)/t13-,14+,15-/m1/s1. The van der Waals surface area contributed by atoms with Crippen molar-refractivity contribution >= 4 is 22.8 Å². The minimum atomic E-state index is -0.0998. The van der Waals surface area contributed by atoms with Gasteiger partial charge >= 0.3 is 0 Å². The van der Waals surface area contributed by atoms with Crippen LogP contribution in [0.1, 0.15) is 49.0 Å². The molecule has 3 atom stereocenters. The highest BCUT2D eigenvalue weighted by Crippen LogP contribution is 2.30. The van der Waals surface area contributed by atoms with E-state index in [0.29, 0.717) is 17.8 Å². The lowest BCUT2D eigenvalue weighted by Gasteiger charge is -2.25. The average Bonchev–Trinajstić information content (AvgIpc) is 3.36. The summed E-state index contributed by atoms with van der Waals surface area (Å²) < 4.78 is 6.01. The number of hydrogen-bond acceptors (Lipinski definition) is 5. The van der Waals surface area contributed by atoms with Gasteiger partial charge in [0.25, 0.3) is 5.91 Å². The first-order chi connectivity index (χ1) is 12.3. The summed E-state index contributed by atoms with van der Waals surface area (Å²) in [6.07, 6.45) is 8.87. The van der Waals surface area contributed by atoms with Crippen molar-refractivity contribution in [3.8, 4) is 0 Å². The van der Waals surface area contributed by atoms with Gasteiger partial charge in [-0.2, -0.15) is 0 Å². The van der Waals surface area contributed by atoms with Gasteiger partial charge in [-0.1, -0.05) is 0 Å². The average molecular weight is 340 g/mol. The highest BCUT2D eigenvalue weighted by Gasteiger charge is 2.39. The molecule has 132 valence electrons. The van der Waals surface area contributed by atoms with Crippen LogP contribution in [0.25, 0.3) is 11.0 Å². The number of nitrogens with zero attached hydrogens (tertiary/aromatic N) is 2. The molecule has 5 heterocycles. The molecule has 2 N–H and O–H groups in total. The molecular formula is C19H24N4O2. The zero-order chi connectivity index (χ0) is 16.8. The third-order valence-corrected chi connectivity index (χ3v) is 5.91. The van der Waals surface area contributed by atoms with E-state index in [-0.39, 0.29) is 11.9 Å². The Balaban J connectivity index is 1.34. The number of carbonyl (C=O) groups is 1. The summed E-state index contributed by atoms with van der Waals surface area (Å²) in [6.45, 7) is 2.08. The van der Waals surface area contributed by atoms with Gasteiger partial charge in [0.05, 0.1) is 0 Å². The van der Waals surface area contributed by atoms with E-state index in [0.717, 1.165) is 42.8 Å². The van der Waals surface area contributed by atoms with Crippen molar-refractivity contribution in [3.63, 3.8) is 0 Å². The van der Waals surface area contributed by atoms with Crippen molar-refractivity contribution in [2.75, 3.05) is 18.0 Å². The lowest BCUT2D eigenvalue weighted by molar-refractivity contribution is 0.0926. The van der Waals surface area contributed by atoms with Gasteiger partial charge in [-0.3, -0.25) is 9.78 Å². The molecule has 0 aliphatic carbocycles. The van der Waals surface area contributed by atoms with Crippen LogP contribution in [0.5, 0.6) is 0 Å². The van der Waals surface area contributed by atoms with Crippen molar-refractivity contribution in [2.24, 2.45) is 0 Å². The second kappa shape index (κ2) is 6.02. The van der Waals surface area contributed by atoms with Crippen molar-refractivity contribution < 1.29 is 9.21 Å². The van der Waals surface area contributed by atoms with Crippen LogP contribution >= 0.6 is 0 Å². The molecule has 3 aliphatic heterocycles. The van der Waals surface area contributed by atoms with E-state index < -0.39 is 0 Å². The number of piperidine rings is 1. The molecule has 25 heavy (non-hydrogen) atoms. The quantitative estimate of drug-likeness (QED) is 0.898. The number of amides is 1. The molecule has 1 amide bonds. The Morgan fingerprint density at radius 1 is 1.24 bits per heavy atom. The number of aromatic nitrogens is 1. The molecule has 0 aromatic carbocycles. The predicted octanol–water partition coefficient (Wildman–Crippen LogP) is 2.44. The van der Waals surface area contributed by atoms with Gasteiger partial charge in [0, 0.05) is 54.9 Å². The minimum absolute atomic E-state index is 0.0998. The van der Waals surface area contributed by atoms with Crippen LogP contribution in [0.3, 0.4) is 0 Å². The van der Waals surface area contributed by atoms with Crippen LogP contribution in [0, 0.1) is 0 Å². The summed E-state index contributed by atoms with van der Waals surface area (Å²) in [6, 6.07) is 5.03. The first kappa shape index (κ1) is 15.2. The molecule has 0 radical (unpaired) electrons. The first-order valence-electron chi connectivity index (χ1n) is 9.48. The lowest BCUT2D eigenvalue weighted by atomic mass is 9.95. The van der Waals surface area contributed by atoms with Crippen molar-refractivity contribution in [1.82, 2.24) is 15.6 Å². The molecule has 2 aromatic heterocycles. The number of hydrogen-bond donors (Lipinski definition) is 2. The number of furan rings is 1. The van der Waals surface area contributed by atoms with Crippen LogP contribution in [0.2, 0.25) is 0 Å². The molecule has 5 rings (SSSR count). The molecule has 0 unspecified atom stereocenters. The van der Waals surface area contributed by atoms with Crippen LogP contribution in [0.15, 0.2) is 22.7 Å². The molecule has 2 bridgehead atoms. The van der Waals surface area contributed by atoms with E-state index in [4.69, 9.17) is 4.42 Å². The fourth-order valence-electron chi connectivity index (χ4n) is 4.54. The third-order valence-electron chi connectivity index (χ3n) is 5.91. The van der Waals surface area contributed by atoms with Crippen molar-refractivity contribution in [1.29, 1.82) is 0 Å². The first-order valence-corrected chi connectivity index (χ1v) is 9.48. The normalized spacial score (nSPS) is 28.6. The van der Waals surface area contributed by atoms with E-state index in [1.54, 1.807) is 12.3 Å². The van der Waals surface area contributed by atoms with E-state index in [2.05, 4.69) is 20.5 Å². The summed E-state index contributed by atoms with van der Waals surface area (Å²) in [5.41, 5.74) is 1.18. The van der Waals surface area contributed by atoms with Gasteiger partial charge in [0.2, 0.25) is 0 Å². The second-order valence-electron chi connectivity index (χ2n) is 7.60. The zero-order valence-electron chi connectivity index (χ0n) is 14.3. The third kappa shape index (κ3) is 2.78. The van der Waals surface area contributed by atoms with E-state index in [1.165, 1.54) is 25.7 Å². The van der Waals surface area contributed by atoms with Crippen molar-refractivity contribution in [3.05, 3.63) is 24.0 Å². The number of carbonyl (C=O) groups excluding carboxylic acids is 1. The molecule has 3 fully saturated rings. The Hall–Kier alpha value is -2.08. The topological polar surface area (TPSA) is 70.4 Å². The Kier molecular flexibility index (Phi) is 3.66. The Bertz CT molecular complexity index is 796. The van der Waals surface area contributed by atoms with Gasteiger partial charge < -0.3 is 20.0 Å². The summed E-state index contributed by atoms with van der Waals surface area (Å²) in [4.78, 5) is 19.2. The zero-order valence-corrected chi connectivity index (χ0v) is 14.3. The molecule has 0 saturated carbocycles. The molecule has 2 aromatic rings. The Labute approximate surface area is 147 Å². The predicted molar refractivity (Wildman–Crippen MR) is 95.9 cm³/mol. The van der Waals surface area contributed by atoms with E-state index in [1.807, 2.05) is 6.07 Å². The Morgan fingerprint density at radius 2 is 2.12 bits per heavy atom. The molecule has 0 spiro atoms. The van der Waals surface area contributed by atoms with Gasteiger partial charge in [0.1, 0.15) is 11.3 Å². The van der Waals surface area contributed by atoms with Crippen LogP contribution in [-0.4, -0.2) is 42.1 Å². The highest BCUT2D eigenvalue weighted by molar-refractivity contribution is 5.96.